The summed E-state index contributed by atoms with van der Waals surface area (Å²) in [5.74, 6) is -0.385. The van der Waals surface area contributed by atoms with Crippen molar-refractivity contribution < 1.29 is 13.9 Å². The van der Waals surface area contributed by atoms with Crippen LogP contribution in [0.1, 0.15) is 16.8 Å². The quantitative estimate of drug-likeness (QED) is 0.532. The summed E-state index contributed by atoms with van der Waals surface area (Å²) >= 11 is 0. The largest absolute Gasteiger partial charge is 0.467 e. The molecule has 2 heterocycles. The summed E-state index contributed by atoms with van der Waals surface area (Å²) in [5, 5.41) is 8.26. The SMILES string of the molecule is Cc1ccc(-n2nc(C)c3c(C)cc(OCC(=O)Nc4ccc(F)cc4)nc32)cc1. The van der Waals surface area contributed by atoms with E-state index in [1.807, 2.05) is 45.0 Å². The van der Waals surface area contributed by atoms with Gasteiger partial charge < -0.3 is 10.1 Å². The molecule has 1 amide bonds. The van der Waals surface area contributed by atoms with Gasteiger partial charge in [0.25, 0.3) is 5.91 Å². The molecule has 30 heavy (non-hydrogen) atoms. The zero-order valence-electron chi connectivity index (χ0n) is 16.9. The molecule has 0 spiro atoms. The molecule has 0 saturated heterocycles. The minimum atomic E-state index is -0.363. The average molecular weight is 404 g/mol. The third kappa shape index (κ3) is 4.00. The van der Waals surface area contributed by atoms with Crippen LogP contribution in [0.15, 0.2) is 54.6 Å². The number of aromatic nitrogens is 3. The van der Waals surface area contributed by atoms with Crippen molar-refractivity contribution in [1.29, 1.82) is 0 Å². The minimum Gasteiger partial charge on any atom is -0.467 e. The fourth-order valence-electron chi connectivity index (χ4n) is 3.28. The smallest absolute Gasteiger partial charge is 0.262 e. The summed E-state index contributed by atoms with van der Waals surface area (Å²) in [6.45, 7) is 5.72. The lowest BCUT2D eigenvalue weighted by atomic mass is 10.1. The van der Waals surface area contributed by atoms with Crippen molar-refractivity contribution in [2.45, 2.75) is 20.8 Å². The molecule has 0 aliphatic rings. The van der Waals surface area contributed by atoms with E-state index in [-0.39, 0.29) is 18.3 Å². The predicted octanol–water partition coefficient (Wildman–Crippen LogP) is 4.50. The van der Waals surface area contributed by atoms with Crippen LogP contribution in [0.3, 0.4) is 0 Å². The van der Waals surface area contributed by atoms with Gasteiger partial charge in [0.15, 0.2) is 12.3 Å². The molecule has 6 nitrogen and oxygen atoms in total. The number of aryl methyl sites for hydroxylation is 3. The monoisotopic (exact) mass is 404 g/mol. The summed E-state index contributed by atoms with van der Waals surface area (Å²) in [6, 6.07) is 15.4. The second kappa shape index (κ2) is 7.94. The number of rotatable bonds is 5. The van der Waals surface area contributed by atoms with Gasteiger partial charge >= 0.3 is 0 Å². The van der Waals surface area contributed by atoms with Crippen LogP contribution in [0.4, 0.5) is 10.1 Å². The highest BCUT2D eigenvalue weighted by molar-refractivity contribution is 5.92. The normalized spacial score (nSPS) is 10.9. The second-order valence-electron chi connectivity index (χ2n) is 7.15. The highest BCUT2D eigenvalue weighted by Crippen LogP contribution is 2.26. The predicted molar refractivity (Wildman–Crippen MR) is 114 cm³/mol. The molecule has 0 aliphatic carbocycles. The van der Waals surface area contributed by atoms with Gasteiger partial charge in [0.2, 0.25) is 5.88 Å². The van der Waals surface area contributed by atoms with Gasteiger partial charge in [0.1, 0.15) is 5.82 Å². The van der Waals surface area contributed by atoms with E-state index in [0.29, 0.717) is 17.2 Å². The Morgan fingerprint density at radius 1 is 1.07 bits per heavy atom. The molecule has 4 rings (SSSR count). The van der Waals surface area contributed by atoms with Crippen molar-refractivity contribution in [1.82, 2.24) is 14.8 Å². The number of nitrogens with one attached hydrogen (secondary N) is 1. The van der Waals surface area contributed by atoms with Crippen molar-refractivity contribution in [3.8, 4) is 11.6 Å². The van der Waals surface area contributed by atoms with Crippen LogP contribution in [0.25, 0.3) is 16.7 Å². The first kappa shape index (κ1) is 19.6. The van der Waals surface area contributed by atoms with Crippen LogP contribution in [0.5, 0.6) is 5.88 Å². The molecule has 4 aromatic rings. The number of halogens is 1. The molecule has 2 aromatic heterocycles. The molecule has 7 heteroatoms. The van der Waals surface area contributed by atoms with E-state index >= 15 is 0 Å². The first-order chi connectivity index (χ1) is 14.4. The third-order valence-electron chi connectivity index (χ3n) is 4.74. The molecule has 0 radical (unpaired) electrons. The highest BCUT2D eigenvalue weighted by atomic mass is 19.1. The number of pyridine rings is 1. The zero-order valence-corrected chi connectivity index (χ0v) is 16.9. The van der Waals surface area contributed by atoms with Crippen LogP contribution in [0.2, 0.25) is 0 Å². The lowest BCUT2D eigenvalue weighted by Gasteiger charge is -2.09. The van der Waals surface area contributed by atoms with Crippen LogP contribution in [-0.4, -0.2) is 27.3 Å². The maximum Gasteiger partial charge on any atom is 0.262 e. The summed E-state index contributed by atoms with van der Waals surface area (Å²) in [5.41, 5.74) is 5.06. The van der Waals surface area contributed by atoms with Crippen molar-refractivity contribution >= 4 is 22.6 Å². The Kier molecular flexibility index (Phi) is 5.18. The van der Waals surface area contributed by atoms with Crippen LogP contribution in [-0.2, 0) is 4.79 Å². The van der Waals surface area contributed by atoms with Crippen LogP contribution in [0, 0.1) is 26.6 Å². The number of carbonyl (C=O) groups is 1. The number of benzene rings is 2. The van der Waals surface area contributed by atoms with Gasteiger partial charge in [-0.15, -0.1) is 0 Å². The first-order valence-electron chi connectivity index (χ1n) is 9.53. The molecular formula is C23H21FN4O2. The molecule has 152 valence electrons. The summed E-state index contributed by atoms with van der Waals surface area (Å²) in [4.78, 5) is 16.8. The maximum absolute atomic E-state index is 13.0. The number of fused-ring (bicyclic) bond motifs is 1. The van der Waals surface area contributed by atoms with Crippen molar-refractivity contribution in [2.75, 3.05) is 11.9 Å². The number of amides is 1. The van der Waals surface area contributed by atoms with Gasteiger partial charge in [-0.3, -0.25) is 4.79 Å². The van der Waals surface area contributed by atoms with Gasteiger partial charge in [-0.1, -0.05) is 17.7 Å². The number of ether oxygens (including phenoxy) is 1. The van der Waals surface area contributed by atoms with E-state index in [2.05, 4.69) is 15.4 Å². The Balaban J connectivity index is 1.57. The summed E-state index contributed by atoms with van der Waals surface area (Å²) < 4.78 is 20.4. The van der Waals surface area contributed by atoms with Crippen molar-refractivity contribution in [3.63, 3.8) is 0 Å². The number of nitrogens with zero attached hydrogens (tertiary/aromatic N) is 3. The van der Waals surface area contributed by atoms with E-state index in [0.717, 1.165) is 27.9 Å². The number of anilines is 1. The molecule has 1 N–H and O–H groups in total. The van der Waals surface area contributed by atoms with E-state index < -0.39 is 0 Å². The molecule has 2 aromatic carbocycles. The molecule has 0 atom stereocenters. The number of carbonyl (C=O) groups excluding carboxylic acids is 1. The Hall–Kier alpha value is -3.74. The Morgan fingerprint density at radius 3 is 2.47 bits per heavy atom. The second-order valence-corrected chi connectivity index (χ2v) is 7.15. The number of hydrogen-bond donors (Lipinski definition) is 1. The topological polar surface area (TPSA) is 69.0 Å². The first-order valence-corrected chi connectivity index (χ1v) is 9.53. The molecule has 0 bridgehead atoms. The van der Waals surface area contributed by atoms with Crippen molar-refractivity contribution in [2.24, 2.45) is 0 Å². The van der Waals surface area contributed by atoms with Gasteiger partial charge in [-0.25, -0.2) is 9.07 Å². The lowest BCUT2D eigenvalue weighted by molar-refractivity contribution is -0.118. The molecule has 0 saturated carbocycles. The fourth-order valence-corrected chi connectivity index (χ4v) is 3.28. The van der Waals surface area contributed by atoms with Crippen LogP contribution < -0.4 is 10.1 Å². The Labute approximate surface area is 173 Å². The Bertz CT molecular complexity index is 1210. The van der Waals surface area contributed by atoms with Gasteiger partial charge in [-0.2, -0.15) is 10.1 Å². The summed E-state index contributed by atoms with van der Waals surface area (Å²) in [7, 11) is 0. The average Bonchev–Trinajstić information content (AvgIpc) is 3.06. The van der Waals surface area contributed by atoms with Crippen molar-refractivity contribution in [3.05, 3.63) is 77.2 Å². The molecular weight excluding hydrogens is 383 g/mol. The molecule has 0 unspecified atom stereocenters. The minimum absolute atomic E-state index is 0.215. The molecule has 0 fully saturated rings. The van der Waals surface area contributed by atoms with Gasteiger partial charge in [-0.05, 0) is 62.7 Å². The van der Waals surface area contributed by atoms with E-state index in [4.69, 9.17) is 4.74 Å². The zero-order chi connectivity index (χ0) is 21.3. The number of hydrogen-bond acceptors (Lipinski definition) is 4. The highest BCUT2D eigenvalue weighted by Gasteiger charge is 2.15. The Morgan fingerprint density at radius 2 is 1.77 bits per heavy atom. The van der Waals surface area contributed by atoms with E-state index in [1.165, 1.54) is 24.3 Å². The fraction of sp³-hybridized carbons (Fsp3) is 0.174. The maximum atomic E-state index is 13.0. The van der Waals surface area contributed by atoms with E-state index in [9.17, 15) is 9.18 Å². The van der Waals surface area contributed by atoms with Crippen LogP contribution >= 0.6 is 0 Å². The lowest BCUT2D eigenvalue weighted by Crippen LogP contribution is -2.20. The van der Waals surface area contributed by atoms with E-state index in [1.54, 1.807) is 10.7 Å². The third-order valence-corrected chi connectivity index (χ3v) is 4.74. The van der Waals surface area contributed by atoms with Gasteiger partial charge in [0, 0.05) is 17.1 Å². The molecule has 0 aliphatic heterocycles. The summed E-state index contributed by atoms with van der Waals surface area (Å²) in [6.07, 6.45) is 0. The van der Waals surface area contributed by atoms with Gasteiger partial charge in [0.05, 0.1) is 11.4 Å². The standard InChI is InChI=1S/C23H21FN4O2/c1-14-4-10-19(11-5-14)28-23-22(16(3)27-28)15(2)12-21(26-23)30-13-20(29)25-18-8-6-17(24)7-9-18/h4-12H,13H2,1-3H3,(H,25,29).